The molecule has 4 heteroatoms. The lowest BCUT2D eigenvalue weighted by Gasteiger charge is -2.25. The van der Waals surface area contributed by atoms with Crippen LogP contribution in [0.1, 0.15) is 40.0 Å². The highest BCUT2D eigenvalue weighted by atomic mass is 16.4. The number of carboxylic acids is 1. The number of carboxylic acid groups (broad SMARTS) is 1. The zero-order valence-corrected chi connectivity index (χ0v) is 9.62. The Bertz CT molecular complexity index is 267. The number of nitrogens with zero attached hydrogens (tertiary/aromatic N) is 1. The van der Waals surface area contributed by atoms with Gasteiger partial charge in [0.2, 0.25) is 5.91 Å². The van der Waals surface area contributed by atoms with Crippen molar-refractivity contribution in [3.63, 3.8) is 0 Å². The van der Waals surface area contributed by atoms with Crippen LogP contribution in [0.2, 0.25) is 0 Å². The lowest BCUT2D eigenvalue weighted by atomic mass is 9.91. The van der Waals surface area contributed by atoms with Gasteiger partial charge in [-0.3, -0.25) is 4.79 Å². The van der Waals surface area contributed by atoms with Crippen molar-refractivity contribution in [3.05, 3.63) is 0 Å². The van der Waals surface area contributed by atoms with Gasteiger partial charge >= 0.3 is 5.97 Å². The number of amides is 1. The predicted octanol–water partition coefficient (Wildman–Crippen LogP) is 1.50. The molecular formula is C11H19NO3. The number of aliphatic carboxylic acids is 1. The van der Waals surface area contributed by atoms with E-state index in [9.17, 15) is 9.59 Å². The topological polar surface area (TPSA) is 57.6 Å². The number of hydrogen-bond acceptors (Lipinski definition) is 2. The van der Waals surface area contributed by atoms with E-state index in [1.54, 1.807) is 0 Å². The average molecular weight is 213 g/mol. The summed E-state index contributed by atoms with van der Waals surface area (Å²) in [4.78, 5) is 24.2. The molecule has 15 heavy (non-hydrogen) atoms. The SMILES string of the molecule is CC(C)(C)CC(=O)N1CCCC1C(=O)O. The summed E-state index contributed by atoms with van der Waals surface area (Å²) >= 11 is 0. The van der Waals surface area contributed by atoms with Gasteiger partial charge in [-0.15, -0.1) is 0 Å². The van der Waals surface area contributed by atoms with E-state index in [2.05, 4.69) is 0 Å². The van der Waals surface area contributed by atoms with Gasteiger partial charge in [0.1, 0.15) is 6.04 Å². The summed E-state index contributed by atoms with van der Waals surface area (Å²) in [6, 6.07) is -0.597. The van der Waals surface area contributed by atoms with Crippen molar-refractivity contribution in [1.82, 2.24) is 4.90 Å². The Labute approximate surface area is 90.3 Å². The van der Waals surface area contributed by atoms with E-state index in [1.807, 2.05) is 20.8 Å². The molecule has 0 aliphatic carbocycles. The van der Waals surface area contributed by atoms with Crippen molar-refractivity contribution < 1.29 is 14.7 Å². The van der Waals surface area contributed by atoms with Crippen LogP contribution < -0.4 is 0 Å². The summed E-state index contributed by atoms with van der Waals surface area (Å²) in [5.41, 5.74) is -0.0806. The van der Waals surface area contributed by atoms with Crippen LogP contribution >= 0.6 is 0 Å². The normalized spacial score (nSPS) is 21.8. The van der Waals surface area contributed by atoms with Gasteiger partial charge in [0, 0.05) is 13.0 Å². The Balaban J connectivity index is 2.63. The van der Waals surface area contributed by atoms with Gasteiger partial charge in [0.15, 0.2) is 0 Å². The van der Waals surface area contributed by atoms with Crippen molar-refractivity contribution >= 4 is 11.9 Å². The Morgan fingerprint density at radius 2 is 2.00 bits per heavy atom. The lowest BCUT2D eigenvalue weighted by Crippen LogP contribution is -2.41. The molecule has 1 aliphatic rings. The first-order chi connectivity index (χ1) is 6.81. The second-order valence-corrected chi connectivity index (χ2v) is 5.32. The molecule has 4 nitrogen and oxygen atoms in total. The second-order valence-electron chi connectivity index (χ2n) is 5.32. The maximum atomic E-state index is 11.8. The average Bonchev–Trinajstić information content (AvgIpc) is 2.47. The second kappa shape index (κ2) is 4.21. The molecule has 1 heterocycles. The van der Waals surface area contributed by atoms with E-state index in [1.165, 1.54) is 4.90 Å². The molecule has 1 amide bonds. The monoisotopic (exact) mass is 213 g/mol. The van der Waals surface area contributed by atoms with E-state index >= 15 is 0 Å². The Morgan fingerprint density at radius 3 is 2.47 bits per heavy atom. The smallest absolute Gasteiger partial charge is 0.326 e. The highest BCUT2D eigenvalue weighted by molar-refractivity contribution is 5.84. The lowest BCUT2D eigenvalue weighted by molar-refractivity contribution is -0.148. The molecule has 1 rings (SSSR count). The summed E-state index contributed by atoms with van der Waals surface area (Å²) in [6.07, 6.45) is 1.80. The first-order valence-corrected chi connectivity index (χ1v) is 5.33. The van der Waals surface area contributed by atoms with Crippen LogP contribution in [0.15, 0.2) is 0 Å². The number of likely N-dealkylation sites (tertiary alicyclic amines) is 1. The van der Waals surface area contributed by atoms with E-state index in [0.29, 0.717) is 19.4 Å². The van der Waals surface area contributed by atoms with Crippen molar-refractivity contribution in [2.45, 2.75) is 46.1 Å². The third kappa shape index (κ3) is 3.22. The van der Waals surface area contributed by atoms with Crippen molar-refractivity contribution in [2.24, 2.45) is 5.41 Å². The van der Waals surface area contributed by atoms with Gasteiger partial charge in [-0.1, -0.05) is 20.8 Å². The van der Waals surface area contributed by atoms with Crippen LogP contribution in [-0.2, 0) is 9.59 Å². The molecule has 1 fully saturated rings. The van der Waals surface area contributed by atoms with Crippen LogP contribution in [0.5, 0.6) is 0 Å². The van der Waals surface area contributed by atoms with Crippen LogP contribution in [-0.4, -0.2) is 34.5 Å². The minimum Gasteiger partial charge on any atom is -0.480 e. The molecule has 0 aromatic rings. The molecule has 1 aliphatic heterocycles. The van der Waals surface area contributed by atoms with Crippen LogP contribution in [0.3, 0.4) is 0 Å². The van der Waals surface area contributed by atoms with Crippen LogP contribution in [0.25, 0.3) is 0 Å². The maximum Gasteiger partial charge on any atom is 0.326 e. The van der Waals surface area contributed by atoms with Gasteiger partial charge in [0.05, 0.1) is 0 Å². The summed E-state index contributed by atoms with van der Waals surface area (Å²) in [5.74, 6) is -0.915. The Morgan fingerprint density at radius 1 is 1.40 bits per heavy atom. The first kappa shape index (κ1) is 12.0. The van der Waals surface area contributed by atoms with Gasteiger partial charge in [-0.2, -0.15) is 0 Å². The summed E-state index contributed by atoms with van der Waals surface area (Å²) in [6.45, 7) is 6.54. The van der Waals surface area contributed by atoms with Gasteiger partial charge in [0.25, 0.3) is 0 Å². The number of hydrogen-bond donors (Lipinski definition) is 1. The minimum atomic E-state index is -0.880. The number of carbonyl (C=O) groups is 2. The third-order valence-electron chi connectivity index (χ3n) is 2.54. The molecule has 0 aromatic carbocycles. The minimum absolute atomic E-state index is 0.0348. The molecule has 1 saturated heterocycles. The van der Waals surface area contributed by atoms with Crippen LogP contribution in [0, 0.1) is 5.41 Å². The van der Waals surface area contributed by atoms with Crippen LogP contribution in [0.4, 0.5) is 0 Å². The van der Waals surface area contributed by atoms with Gasteiger partial charge < -0.3 is 10.0 Å². The van der Waals surface area contributed by atoms with Gasteiger partial charge in [-0.05, 0) is 18.3 Å². The molecule has 1 unspecified atom stereocenters. The highest BCUT2D eigenvalue weighted by Gasteiger charge is 2.34. The maximum absolute atomic E-state index is 11.8. The highest BCUT2D eigenvalue weighted by Crippen LogP contribution is 2.24. The molecule has 86 valence electrons. The molecule has 1 N–H and O–H groups in total. The molecule has 0 saturated carbocycles. The van der Waals surface area contributed by atoms with Gasteiger partial charge in [-0.25, -0.2) is 4.79 Å². The standard InChI is InChI=1S/C11H19NO3/c1-11(2,3)7-9(13)12-6-4-5-8(12)10(14)15/h8H,4-7H2,1-3H3,(H,14,15). The molecule has 0 bridgehead atoms. The van der Waals surface area contributed by atoms with E-state index in [0.717, 1.165) is 6.42 Å². The first-order valence-electron chi connectivity index (χ1n) is 5.33. The zero-order chi connectivity index (χ0) is 11.6. The molecule has 0 aromatic heterocycles. The molecular weight excluding hydrogens is 194 g/mol. The fourth-order valence-electron chi connectivity index (χ4n) is 1.88. The molecule has 1 atom stereocenters. The largest absolute Gasteiger partial charge is 0.480 e. The van der Waals surface area contributed by atoms with E-state index in [-0.39, 0.29) is 11.3 Å². The zero-order valence-electron chi connectivity index (χ0n) is 9.62. The van der Waals surface area contributed by atoms with Crippen molar-refractivity contribution in [3.8, 4) is 0 Å². The fourth-order valence-corrected chi connectivity index (χ4v) is 1.88. The quantitative estimate of drug-likeness (QED) is 0.756. The summed E-state index contributed by atoms with van der Waals surface area (Å²) in [7, 11) is 0. The molecule has 0 spiro atoms. The predicted molar refractivity (Wildman–Crippen MR) is 56.4 cm³/mol. The van der Waals surface area contributed by atoms with E-state index < -0.39 is 12.0 Å². The van der Waals surface area contributed by atoms with Crippen molar-refractivity contribution in [2.75, 3.05) is 6.54 Å². The number of carbonyl (C=O) groups excluding carboxylic acids is 1. The third-order valence-corrected chi connectivity index (χ3v) is 2.54. The summed E-state index contributed by atoms with van der Waals surface area (Å²) < 4.78 is 0. The van der Waals surface area contributed by atoms with Crippen molar-refractivity contribution in [1.29, 1.82) is 0 Å². The fraction of sp³-hybridized carbons (Fsp3) is 0.818. The Kier molecular flexibility index (Phi) is 3.37. The molecule has 0 radical (unpaired) electrons. The van der Waals surface area contributed by atoms with E-state index in [4.69, 9.17) is 5.11 Å². The number of rotatable bonds is 2. The summed E-state index contributed by atoms with van der Waals surface area (Å²) in [5, 5.41) is 8.94. The Hall–Kier alpha value is -1.06.